The van der Waals surface area contributed by atoms with Gasteiger partial charge in [0.05, 0.1) is 6.61 Å². The molecule has 0 aromatic heterocycles. The number of ether oxygens (including phenoxy) is 1. The average Bonchev–Trinajstić information content (AvgIpc) is 2.36. The second-order valence-corrected chi connectivity index (χ2v) is 5.16. The maximum absolute atomic E-state index is 11.5. The Bertz CT molecular complexity index is 466. The van der Waals surface area contributed by atoms with Crippen molar-refractivity contribution < 1.29 is 14.3 Å². The molecule has 0 saturated carbocycles. The van der Waals surface area contributed by atoms with Gasteiger partial charge in [-0.1, -0.05) is 43.7 Å². The summed E-state index contributed by atoms with van der Waals surface area (Å²) in [4.78, 5) is 22.7. The predicted molar refractivity (Wildman–Crippen MR) is 73.8 cm³/mol. The Morgan fingerprint density at radius 2 is 2.00 bits per heavy atom. The highest BCUT2D eigenvalue weighted by Crippen LogP contribution is 2.22. The Morgan fingerprint density at radius 3 is 2.58 bits per heavy atom. The number of benzene rings is 1. The highest BCUT2D eigenvalue weighted by molar-refractivity contribution is 6.32. The van der Waals surface area contributed by atoms with Gasteiger partial charge in [-0.2, -0.15) is 0 Å². The molecule has 0 aliphatic carbocycles. The minimum absolute atomic E-state index is 0.202. The van der Waals surface area contributed by atoms with E-state index in [-0.39, 0.29) is 12.0 Å². The molecule has 0 spiro atoms. The predicted octanol–water partition coefficient (Wildman–Crippen LogP) is 1.95. The van der Waals surface area contributed by atoms with Crippen LogP contribution in [0.5, 0.6) is 0 Å². The summed E-state index contributed by atoms with van der Waals surface area (Å²) >= 11 is 0. The van der Waals surface area contributed by atoms with Gasteiger partial charge >= 0.3 is 11.9 Å². The van der Waals surface area contributed by atoms with Crippen molar-refractivity contribution in [3.05, 3.63) is 35.4 Å². The lowest BCUT2D eigenvalue weighted by Crippen LogP contribution is -2.40. The molecule has 0 aliphatic heterocycles. The van der Waals surface area contributed by atoms with Crippen LogP contribution in [-0.2, 0) is 19.7 Å². The standard InChI is InChI=1S/C15H21NO3/c1-5-19-14(18)13(17)16-10-15(3,4)12-8-6-7-11(2)9-12/h6-9H,5,10H2,1-4H3,(H,16,17). The lowest BCUT2D eigenvalue weighted by molar-refractivity contribution is -0.154. The molecule has 1 rings (SSSR count). The van der Waals surface area contributed by atoms with Crippen molar-refractivity contribution in [2.45, 2.75) is 33.1 Å². The van der Waals surface area contributed by atoms with Gasteiger partial charge in [-0.05, 0) is 19.4 Å². The van der Waals surface area contributed by atoms with Crippen LogP contribution in [0.3, 0.4) is 0 Å². The fourth-order valence-corrected chi connectivity index (χ4v) is 1.74. The lowest BCUT2D eigenvalue weighted by atomic mass is 9.84. The molecule has 0 fully saturated rings. The van der Waals surface area contributed by atoms with Gasteiger partial charge in [0.25, 0.3) is 0 Å². The Balaban J connectivity index is 2.65. The quantitative estimate of drug-likeness (QED) is 0.667. The number of amides is 1. The van der Waals surface area contributed by atoms with Crippen LogP contribution in [0, 0.1) is 6.92 Å². The Labute approximate surface area is 114 Å². The van der Waals surface area contributed by atoms with Gasteiger partial charge in [0.2, 0.25) is 0 Å². The molecule has 4 heteroatoms. The zero-order chi connectivity index (χ0) is 14.5. The monoisotopic (exact) mass is 263 g/mol. The minimum atomic E-state index is -0.831. The summed E-state index contributed by atoms with van der Waals surface area (Å²) in [6.07, 6.45) is 0. The molecule has 0 heterocycles. The van der Waals surface area contributed by atoms with E-state index < -0.39 is 11.9 Å². The summed E-state index contributed by atoms with van der Waals surface area (Å²) in [6.45, 7) is 8.32. The first-order valence-corrected chi connectivity index (χ1v) is 6.39. The first-order valence-electron chi connectivity index (χ1n) is 6.39. The maximum atomic E-state index is 11.5. The van der Waals surface area contributed by atoms with Crippen LogP contribution in [0.15, 0.2) is 24.3 Å². The van der Waals surface area contributed by atoms with E-state index in [0.29, 0.717) is 6.54 Å². The van der Waals surface area contributed by atoms with E-state index in [9.17, 15) is 9.59 Å². The number of rotatable bonds is 4. The van der Waals surface area contributed by atoms with Gasteiger partial charge in [0, 0.05) is 12.0 Å². The smallest absolute Gasteiger partial charge is 0.396 e. The molecule has 1 amide bonds. The third-order valence-electron chi connectivity index (χ3n) is 2.95. The zero-order valence-corrected chi connectivity index (χ0v) is 11.9. The van der Waals surface area contributed by atoms with Gasteiger partial charge in [0.1, 0.15) is 0 Å². The SMILES string of the molecule is CCOC(=O)C(=O)NCC(C)(C)c1cccc(C)c1. The molecule has 0 radical (unpaired) electrons. The normalized spacial score (nSPS) is 10.9. The van der Waals surface area contributed by atoms with E-state index in [1.54, 1.807) is 6.92 Å². The van der Waals surface area contributed by atoms with Crippen molar-refractivity contribution in [3.8, 4) is 0 Å². The number of hydrogen-bond acceptors (Lipinski definition) is 3. The summed E-state index contributed by atoms with van der Waals surface area (Å²) in [7, 11) is 0. The first kappa shape index (κ1) is 15.2. The topological polar surface area (TPSA) is 55.4 Å². The third-order valence-corrected chi connectivity index (χ3v) is 2.95. The number of esters is 1. The second kappa shape index (κ2) is 6.36. The van der Waals surface area contributed by atoms with Crippen LogP contribution in [0.4, 0.5) is 0 Å². The maximum Gasteiger partial charge on any atom is 0.396 e. The largest absolute Gasteiger partial charge is 0.459 e. The molecule has 1 aromatic rings. The number of nitrogens with one attached hydrogen (secondary N) is 1. The fraction of sp³-hybridized carbons (Fsp3) is 0.467. The molecule has 19 heavy (non-hydrogen) atoms. The van der Waals surface area contributed by atoms with Crippen molar-refractivity contribution in [2.75, 3.05) is 13.2 Å². The molecule has 0 unspecified atom stereocenters. The van der Waals surface area contributed by atoms with Crippen molar-refractivity contribution >= 4 is 11.9 Å². The van der Waals surface area contributed by atoms with E-state index in [1.807, 2.05) is 39.0 Å². The van der Waals surface area contributed by atoms with Gasteiger partial charge in [-0.25, -0.2) is 4.79 Å². The summed E-state index contributed by atoms with van der Waals surface area (Å²) in [6, 6.07) is 8.11. The fourth-order valence-electron chi connectivity index (χ4n) is 1.74. The minimum Gasteiger partial charge on any atom is -0.459 e. The van der Waals surface area contributed by atoms with Crippen LogP contribution in [0.25, 0.3) is 0 Å². The molecule has 4 nitrogen and oxygen atoms in total. The molecular formula is C15H21NO3. The van der Waals surface area contributed by atoms with Crippen molar-refractivity contribution in [3.63, 3.8) is 0 Å². The van der Waals surface area contributed by atoms with Gasteiger partial charge < -0.3 is 10.1 Å². The van der Waals surface area contributed by atoms with E-state index in [2.05, 4.69) is 16.1 Å². The molecule has 0 aliphatic rings. The third kappa shape index (κ3) is 4.39. The second-order valence-electron chi connectivity index (χ2n) is 5.16. The lowest BCUT2D eigenvalue weighted by Gasteiger charge is -2.25. The van der Waals surface area contributed by atoms with E-state index in [1.165, 1.54) is 5.56 Å². The van der Waals surface area contributed by atoms with E-state index >= 15 is 0 Å². The van der Waals surface area contributed by atoms with Crippen LogP contribution in [-0.4, -0.2) is 25.0 Å². The first-order chi connectivity index (χ1) is 8.86. The van der Waals surface area contributed by atoms with Gasteiger partial charge in [-0.3, -0.25) is 4.79 Å². The molecule has 0 atom stereocenters. The Hall–Kier alpha value is -1.84. The Kier molecular flexibility index (Phi) is 5.10. The number of aryl methyl sites for hydroxylation is 1. The van der Waals surface area contributed by atoms with Crippen LogP contribution in [0.2, 0.25) is 0 Å². The molecule has 104 valence electrons. The van der Waals surface area contributed by atoms with E-state index in [0.717, 1.165) is 5.56 Å². The highest BCUT2D eigenvalue weighted by Gasteiger charge is 2.23. The van der Waals surface area contributed by atoms with Crippen LogP contribution >= 0.6 is 0 Å². The van der Waals surface area contributed by atoms with Crippen LogP contribution in [0.1, 0.15) is 31.9 Å². The Morgan fingerprint density at radius 1 is 1.32 bits per heavy atom. The average molecular weight is 263 g/mol. The summed E-state index contributed by atoms with van der Waals surface area (Å²) in [5.41, 5.74) is 2.05. The summed E-state index contributed by atoms with van der Waals surface area (Å²) in [5, 5.41) is 2.61. The zero-order valence-electron chi connectivity index (χ0n) is 11.9. The molecule has 0 bridgehead atoms. The number of carbonyl (C=O) groups excluding carboxylic acids is 2. The van der Waals surface area contributed by atoms with Crippen LogP contribution < -0.4 is 5.32 Å². The van der Waals surface area contributed by atoms with Gasteiger partial charge in [-0.15, -0.1) is 0 Å². The molecular weight excluding hydrogens is 242 g/mol. The molecule has 0 saturated heterocycles. The summed E-state index contributed by atoms with van der Waals surface area (Å²) in [5.74, 6) is -1.52. The van der Waals surface area contributed by atoms with Crippen molar-refractivity contribution in [1.29, 1.82) is 0 Å². The van der Waals surface area contributed by atoms with Gasteiger partial charge in [0.15, 0.2) is 0 Å². The van der Waals surface area contributed by atoms with Crippen molar-refractivity contribution in [1.82, 2.24) is 5.32 Å². The number of carbonyl (C=O) groups is 2. The molecule has 1 N–H and O–H groups in total. The van der Waals surface area contributed by atoms with E-state index in [4.69, 9.17) is 0 Å². The summed E-state index contributed by atoms with van der Waals surface area (Å²) < 4.78 is 4.64. The van der Waals surface area contributed by atoms with Crippen molar-refractivity contribution in [2.24, 2.45) is 0 Å². The number of hydrogen-bond donors (Lipinski definition) is 1. The molecule has 1 aromatic carbocycles. The highest BCUT2D eigenvalue weighted by atomic mass is 16.5.